The molecule has 0 aliphatic heterocycles. The molecule has 0 bridgehead atoms. The first kappa shape index (κ1) is 22.3. The van der Waals surface area contributed by atoms with Crippen LogP contribution in [0.3, 0.4) is 0 Å². The average molecular weight is 529 g/mol. The van der Waals surface area contributed by atoms with Gasteiger partial charge >= 0.3 is 0 Å². The lowest BCUT2D eigenvalue weighted by Crippen LogP contribution is -1.94. The molecule has 0 saturated heterocycles. The fourth-order valence-corrected chi connectivity index (χ4v) is 7.94. The minimum Gasteiger partial charge on any atom is -0.0622 e. The van der Waals surface area contributed by atoms with E-state index in [1.807, 2.05) is 0 Å². The predicted molar refractivity (Wildman–Crippen MR) is 180 cm³/mol. The van der Waals surface area contributed by atoms with Crippen LogP contribution in [0, 0.1) is 0 Å². The van der Waals surface area contributed by atoms with Crippen LogP contribution in [0.4, 0.5) is 0 Å². The molecule has 0 atom stereocenters. The van der Waals surface area contributed by atoms with Crippen LogP contribution in [0.25, 0.3) is 98.4 Å². The lowest BCUT2D eigenvalue weighted by molar-refractivity contribution is 1.65. The molecule has 192 valence electrons. The number of fused-ring (bicyclic) bond motifs is 6. The molecular formula is C42H24. The zero-order chi connectivity index (χ0) is 27.4. The molecule has 0 N–H and O–H groups in total. The lowest BCUT2D eigenvalue weighted by Gasteiger charge is -2.21. The zero-order valence-electron chi connectivity index (χ0n) is 22.9. The Morgan fingerprint density at radius 1 is 0.238 bits per heavy atom. The summed E-state index contributed by atoms with van der Waals surface area (Å²) >= 11 is 0. The van der Waals surface area contributed by atoms with E-state index in [1.54, 1.807) is 0 Å². The fraction of sp³-hybridized carbons (Fsp3) is 0. The third-order valence-corrected chi connectivity index (χ3v) is 9.52. The SMILES string of the molecule is c1ccc(-c2ccc3c4c(cccc24)-c2c-3c(-c3ccccc3)c3cccc4c5cccc6cccc(c2c34)c65)cc1. The molecule has 0 radical (unpaired) electrons. The summed E-state index contributed by atoms with van der Waals surface area (Å²) in [4.78, 5) is 0. The molecule has 10 rings (SSSR count). The van der Waals surface area contributed by atoms with E-state index in [0.717, 1.165) is 0 Å². The fourth-order valence-electron chi connectivity index (χ4n) is 7.94. The van der Waals surface area contributed by atoms with Crippen molar-refractivity contribution in [2.24, 2.45) is 0 Å². The van der Waals surface area contributed by atoms with E-state index in [2.05, 4.69) is 146 Å². The molecule has 0 amide bonds. The molecule has 42 heavy (non-hydrogen) atoms. The Hall–Kier alpha value is -5.46. The summed E-state index contributed by atoms with van der Waals surface area (Å²) < 4.78 is 0. The van der Waals surface area contributed by atoms with E-state index in [4.69, 9.17) is 0 Å². The first-order valence-corrected chi connectivity index (χ1v) is 14.7. The van der Waals surface area contributed by atoms with Crippen molar-refractivity contribution in [2.75, 3.05) is 0 Å². The van der Waals surface area contributed by atoms with Crippen molar-refractivity contribution >= 4 is 53.9 Å². The van der Waals surface area contributed by atoms with Crippen molar-refractivity contribution in [1.29, 1.82) is 0 Å². The van der Waals surface area contributed by atoms with E-state index in [9.17, 15) is 0 Å². The molecule has 0 unspecified atom stereocenters. The van der Waals surface area contributed by atoms with Gasteiger partial charge in [-0.2, -0.15) is 0 Å². The molecule has 0 fully saturated rings. The highest BCUT2D eigenvalue weighted by Gasteiger charge is 2.31. The van der Waals surface area contributed by atoms with Crippen molar-refractivity contribution in [3.63, 3.8) is 0 Å². The first-order chi connectivity index (χ1) is 20.9. The van der Waals surface area contributed by atoms with Crippen molar-refractivity contribution < 1.29 is 0 Å². The quantitative estimate of drug-likeness (QED) is 0.155. The predicted octanol–water partition coefficient (Wildman–Crippen LogP) is 11.9. The van der Waals surface area contributed by atoms with Gasteiger partial charge in [0.25, 0.3) is 0 Å². The van der Waals surface area contributed by atoms with Crippen LogP contribution < -0.4 is 0 Å². The summed E-state index contributed by atoms with van der Waals surface area (Å²) in [5, 5.41) is 13.4. The van der Waals surface area contributed by atoms with Gasteiger partial charge in [-0.05, 0) is 98.4 Å². The van der Waals surface area contributed by atoms with Crippen LogP contribution in [0.1, 0.15) is 0 Å². The van der Waals surface area contributed by atoms with Crippen molar-refractivity contribution in [3.05, 3.63) is 146 Å². The van der Waals surface area contributed by atoms with Gasteiger partial charge < -0.3 is 0 Å². The number of rotatable bonds is 2. The minimum absolute atomic E-state index is 1.26. The topological polar surface area (TPSA) is 0 Å². The maximum absolute atomic E-state index is 2.38. The number of benzene rings is 9. The lowest BCUT2D eigenvalue weighted by atomic mass is 9.81. The highest BCUT2D eigenvalue weighted by molar-refractivity contribution is 6.41. The van der Waals surface area contributed by atoms with Gasteiger partial charge in [0.2, 0.25) is 0 Å². The monoisotopic (exact) mass is 528 g/mol. The van der Waals surface area contributed by atoms with Gasteiger partial charge in [-0.25, -0.2) is 0 Å². The first-order valence-electron chi connectivity index (χ1n) is 14.7. The van der Waals surface area contributed by atoms with Gasteiger partial charge in [-0.3, -0.25) is 0 Å². The second kappa shape index (κ2) is 8.06. The molecule has 0 heteroatoms. The normalized spacial score (nSPS) is 12.3. The maximum Gasteiger partial charge on any atom is -0.000696 e. The van der Waals surface area contributed by atoms with E-state index in [-0.39, 0.29) is 0 Å². The molecule has 1 aliphatic carbocycles. The van der Waals surface area contributed by atoms with Crippen LogP contribution in [0.15, 0.2) is 146 Å². The second-order valence-corrected chi connectivity index (χ2v) is 11.6. The molecule has 1 aliphatic rings. The van der Waals surface area contributed by atoms with Crippen molar-refractivity contribution in [1.82, 2.24) is 0 Å². The van der Waals surface area contributed by atoms with Gasteiger partial charge in [0.05, 0.1) is 0 Å². The van der Waals surface area contributed by atoms with Crippen LogP contribution in [0.5, 0.6) is 0 Å². The Balaban J connectivity index is 1.50. The van der Waals surface area contributed by atoms with Crippen LogP contribution in [0.2, 0.25) is 0 Å². The Morgan fingerprint density at radius 3 is 1.60 bits per heavy atom. The van der Waals surface area contributed by atoms with E-state index >= 15 is 0 Å². The van der Waals surface area contributed by atoms with Crippen LogP contribution in [-0.4, -0.2) is 0 Å². The van der Waals surface area contributed by atoms with Crippen LogP contribution in [-0.2, 0) is 0 Å². The van der Waals surface area contributed by atoms with Gasteiger partial charge in [-0.1, -0.05) is 146 Å². The largest absolute Gasteiger partial charge is 0.0622 e. The summed E-state index contributed by atoms with van der Waals surface area (Å²) in [6.07, 6.45) is 0. The van der Waals surface area contributed by atoms with Gasteiger partial charge in [0, 0.05) is 0 Å². The summed E-state index contributed by atoms with van der Waals surface area (Å²) in [5.74, 6) is 0. The summed E-state index contributed by atoms with van der Waals surface area (Å²) in [6.45, 7) is 0. The van der Waals surface area contributed by atoms with E-state index in [0.29, 0.717) is 0 Å². The molecule has 0 spiro atoms. The van der Waals surface area contributed by atoms with Gasteiger partial charge in [0.1, 0.15) is 0 Å². The van der Waals surface area contributed by atoms with Crippen LogP contribution >= 0.6 is 0 Å². The second-order valence-electron chi connectivity index (χ2n) is 11.6. The Kier molecular flexibility index (Phi) is 4.27. The number of hydrogen-bond acceptors (Lipinski definition) is 0. The van der Waals surface area contributed by atoms with E-state index < -0.39 is 0 Å². The molecule has 0 aromatic heterocycles. The summed E-state index contributed by atoms with van der Waals surface area (Å²) in [7, 11) is 0. The molecule has 9 aromatic rings. The molecule has 0 nitrogen and oxygen atoms in total. The van der Waals surface area contributed by atoms with Gasteiger partial charge in [-0.15, -0.1) is 0 Å². The summed E-state index contributed by atoms with van der Waals surface area (Å²) in [6, 6.07) is 54.0. The third-order valence-electron chi connectivity index (χ3n) is 9.52. The third kappa shape index (κ3) is 2.72. The molecule has 0 saturated carbocycles. The van der Waals surface area contributed by atoms with Gasteiger partial charge in [0.15, 0.2) is 0 Å². The van der Waals surface area contributed by atoms with E-state index in [1.165, 1.54) is 98.4 Å². The highest BCUT2D eigenvalue weighted by atomic mass is 14.3. The Bertz CT molecular complexity index is 2530. The highest BCUT2D eigenvalue weighted by Crippen LogP contribution is 2.59. The maximum atomic E-state index is 2.38. The average Bonchev–Trinajstić information content (AvgIpc) is 3.39. The number of hydrogen-bond donors (Lipinski definition) is 0. The van der Waals surface area contributed by atoms with Crippen molar-refractivity contribution in [3.8, 4) is 44.5 Å². The molecule has 9 aromatic carbocycles. The standard InChI is InChI=1S/C42H24/c1-3-11-25(12-4-1)28-23-24-35-38-29(28)18-9-22-34(38)42-40(35)37(27-13-5-2-6-14-27)33-21-10-19-31-30-17-7-15-26-16-8-20-32(36(26)30)41(42)39(31)33/h1-24H. The molecular weight excluding hydrogens is 504 g/mol. The zero-order valence-corrected chi connectivity index (χ0v) is 22.9. The molecule has 0 heterocycles. The summed E-state index contributed by atoms with van der Waals surface area (Å²) in [5.41, 5.74) is 10.6. The smallest absolute Gasteiger partial charge is 0.000696 e. The Labute approximate surface area is 243 Å². The Morgan fingerprint density at radius 2 is 0.810 bits per heavy atom. The van der Waals surface area contributed by atoms with Crippen molar-refractivity contribution in [2.45, 2.75) is 0 Å². The minimum atomic E-state index is 1.26.